The molecule has 1 aromatic carbocycles. The van der Waals surface area contributed by atoms with Gasteiger partial charge in [0.25, 0.3) is 0 Å². The van der Waals surface area contributed by atoms with E-state index in [9.17, 15) is 13.2 Å². The van der Waals surface area contributed by atoms with Crippen LogP contribution in [0.15, 0.2) is 47.4 Å². The third-order valence-electron chi connectivity index (χ3n) is 6.04. The minimum atomic E-state index is -3.73. The van der Waals surface area contributed by atoms with Crippen molar-refractivity contribution in [2.45, 2.75) is 37.0 Å². The van der Waals surface area contributed by atoms with E-state index in [1.165, 1.54) is 18.2 Å². The number of fused-ring (bicyclic) bond motifs is 3. The van der Waals surface area contributed by atoms with Gasteiger partial charge in [-0.2, -0.15) is 0 Å². The van der Waals surface area contributed by atoms with Crippen molar-refractivity contribution in [2.75, 3.05) is 6.54 Å². The molecule has 8 heteroatoms. The van der Waals surface area contributed by atoms with E-state index in [4.69, 9.17) is 28.3 Å². The molecule has 1 aromatic rings. The van der Waals surface area contributed by atoms with E-state index in [-0.39, 0.29) is 15.8 Å². The summed E-state index contributed by atoms with van der Waals surface area (Å²) >= 11 is 12.0. The predicted octanol–water partition coefficient (Wildman–Crippen LogP) is 4.91. The van der Waals surface area contributed by atoms with Crippen LogP contribution in [0.3, 0.4) is 0 Å². The van der Waals surface area contributed by atoms with Gasteiger partial charge in [-0.05, 0) is 74.0 Å². The highest BCUT2D eigenvalue weighted by molar-refractivity contribution is 7.89. The monoisotopic (exact) mass is 457 g/mol. The first kappa shape index (κ1) is 22.3. The molecule has 4 rings (SSSR count). The summed E-state index contributed by atoms with van der Waals surface area (Å²) in [7, 11) is -3.73. The van der Waals surface area contributed by atoms with E-state index in [0.29, 0.717) is 35.7 Å². The minimum Gasteiger partial charge on any atom is -0.478 e. The van der Waals surface area contributed by atoms with Gasteiger partial charge in [-0.25, -0.2) is 17.9 Å². The first-order valence-corrected chi connectivity index (χ1v) is 12.0. The van der Waals surface area contributed by atoms with Gasteiger partial charge in [-0.1, -0.05) is 41.4 Å². The Morgan fingerprint density at radius 2 is 1.83 bits per heavy atom. The number of allylic oxidation sites excluding steroid dienone is 3. The van der Waals surface area contributed by atoms with Gasteiger partial charge in [0.05, 0.1) is 5.02 Å². The molecule has 5 nitrogen and oxygen atoms in total. The Morgan fingerprint density at radius 1 is 1.14 bits per heavy atom. The van der Waals surface area contributed by atoms with Crippen molar-refractivity contribution in [1.29, 1.82) is 0 Å². The molecule has 3 aliphatic carbocycles. The topological polar surface area (TPSA) is 83.5 Å². The molecule has 3 aliphatic rings. The van der Waals surface area contributed by atoms with Gasteiger partial charge >= 0.3 is 5.97 Å². The Bertz CT molecular complexity index is 905. The third kappa shape index (κ3) is 5.63. The average molecular weight is 458 g/mol. The summed E-state index contributed by atoms with van der Waals surface area (Å²) in [6, 6.07) is 4.36. The summed E-state index contributed by atoms with van der Waals surface area (Å²) < 4.78 is 28.3. The first-order chi connectivity index (χ1) is 13.8. The summed E-state index contributed by atoms with van der Waals surface area (Å²) in [6.07, 6.45) is 12.0. The Balaban J connectivity index is 1.70. The van der Waals surface area contributed by atoms with Gasteiger partial charge in [-0.3, -0.25) is 0 Å². The number of halogens is 2. The zero-order valence-electron chi connectivity index (χ0n) is 15.9. The molecule has 0 amide bonds. The van der Waals surface area contributed by atoms with Gasteiger partial charge < -0.3 is 5.11 Å². The number of carboxylic acids is 1. The van der Waals surface area contributed by atoms with Crippen LogP contribution in [-0.4, -0.2) is 26.0 Å². The number of hydrogen-bond donors (Lipinski definition) is 2. The van der Waals surface area contributed by atoms with Crippen LogP contribution < -0.4 is 4.72 Å². The van der Waals surface area contributed by atoms with Crippen LogP contribution >= 0.6 is 23.2 Å². The van der Waals surface area contributed by atoms with Crippen LogP contribution in [0.2, 0.25) is 10.0 Å². The third-order valence-corrected chi connectivity index (χ3v) is 8.19. The van der Waals surface area contributed by atoms with Gasteiger partial charge in [0, 0.05) is 17.6 Å². The number of carbonyl (C=O) groups is 1. The number of rotatable bonds is 8. The van der Waals surface area contributed by atoms with Crippen LogP contribution in [0.1, 0.15) is 32.1 Å². The van der Waals surface area contributed by atoms with Crippen LogP contribution in [0.4, 0.5) is 0 Å². The average Bonchev–Trinajstić information content (AvgIpc) is 2.67. The van der Waals surface area contributed by atoms with Crippen molar-refractivity contribution in [1.82, 2.24) is 4.72 Å². The maximum absolute atomic E-state index is 12.8. The highest BCUT2D eigenvalue weighted by Crippen LogP contribution is 2.49. The number of benzene rings is 1. The molecule has 29 heavy (non-hydrogen) atoms. The molecule has 3 fully saturated rings. The smallest absolute Gasteiger partial charge is 0.327 e. The predicted molar refractivity (Wildman–Crippen MR) is 115 cm³/mol. The molecule has 3 saturated carbocycles. The molecule has 0 saturated heterocycles. The normalized spacial score (nSPS) is 27.1. The van der Waals surface area contributed by atoms with Crippen molar-refractivity contribution in [3.05, 3.63) is 52.5 Å². The van der Waals surface area contributed by atoms with Gasteiger partial charge in [0.1, 0.15) is 4.90 Å². The number of carboxylic acid groups (broad SMARTS) is 1. The Morgan fingerprint density at radius 3 is 2.48 bits per heavy atom. The molecular weight excluding hydrogens is 433 g/mol. The maximum atomic E-state index is 12.8. The van der Waals surface area contributed by atoms with Crippen molar-refractivity contribution in [2.24, 2.45) is 23.7 Å². The van der Waals surface area contributed by atoms with Gasteiger partial charge in [0.2, 0.25) is 10.0 Å². The molecule has 2 N–H and O–H groups in total. The molecule has 0 spiro atoms. The molecule has 158 valence electrons. The summed E-state index contributed by atoms with van der Waals surface area (Å²) in [5, 5.41) is 9.17. The summed E-state index contributed by atoms with van der Waals surface area (Å²) in [5.41, 5.74) is 0. The Hall–Kier alpha value is -1.34. The second kappa shape index (κ2) is 9.65. The van der Waals surface area contributed by atoms with E-state index in [1.807, 2.05) is 6.08 Å². The summed E-state index contributed by atoms with van der Waals surface area (Å²) in [5.74, 6) is 0.608. The van der Waals surface area contributed by atoms with Crippen molar-refractivity contribution in [3.8, 4) is 0 Å². The number of hydrogen-bond acceptors (Lipinski definition) is 3. The zero-order chi connectivity index (χ0) is 21.0. The molecule has 2 unspecified atom stereocenters. The van der Waals surface area contributed by atoms with Crippen LogP contribution in [0.25, 0.3) is 0 Å². The lowest BCUT2D eigenvalue weighted by Crippen LogP contribution is -2.45. The van der Waals surface area contributed by atoms with Crippen LogP contribution in [-0.2, 0) is 14.8 Å². The number of nitrogens with one attached hydrogen (secondary N) is 1. The number of aliphatic carboxylic acids is 1. The first-order valence-electron chi connectivity index (χ1n) is 9.79. The van der Waals surface area contributed by atoms with E-state index < -0.39 is 16.0 Å². The zero-order valence-corrected chi connectivity index (χ0v) is 18.3. The SMILES string of the molecule is O=C(O)/C=C/C/C=C\C1C2CCC(CC2)C1CNS(=O)(=O)c1ccc(Cl)cc1Cl. The van der Waals surface area contributed by atoms with E-state index in [1.54, 1.807) is 6.08 Å². The molecular formula is C21H25Cl2NO4S. The van der Waals surface area contributed by atoms with Crippen LogP contribution in [0, 0.1) is 23.7 Å². The summed E-state index contributed by atoms with van der Waals surface area (Å²) in [4.78, 5) is 10.6. The standard InChI is InChI=1S/C21H25Cl2NO4S/c22-16-10-11-20(19(23)12-16)29(27,28)24-13-18-15-8-6-14(7-9-15)17(18)4-2-1-3-5-21(25)26/h2-5,10-12,14-15,17-18,24H,1,6-9,13H2,(H,25,26)/b4-2-,5-3+. The molecule has 0 radical (unpaired) electrons. The Kier molecular flexibility index (Phi) is 7.43. The molecule has 2 atom stereocenters. The second-order valence-electron chi connectivity index (χ2n) is 7.75. The largest absolute Gasteiger partial charge is 0.478 e. The molecule has 2 bridgehead atoms. The fourth-order valence-electron chi connectivity index (χ4n) is 4.68. The van der Waals surface area contributed by atoms with E-state index in [0.717, 1.165) is 31.8 Å². The second-order valence-corrected chi connectivity index (χ2v) is 10.3. The minimum absolute atomic E-state index is 0.0374. The highest BCUT2D eigenvalue weighted by Gasteiger charge is 2.42. The van der Waals surface area contributed by atoms with Gasteiger partial charge in [0.15, 0.2) is 0 Å². The quantitative estimate of drug-likeness (QED) is 0.428. The van der Waals surface area contributed by atoms with Crippen molar-refractivity contribution in [3.63, 3.8) is 0 Å². The lowest BCUT2D eigenvalue weighted by Gasteiger charge is -2.48. The van der Waals surface area contributed by atoms with Crippen molar-refractivity contribution >= 4 is 39.2 Å². The highest BCUT2D eigenvalue weighted by atomic mass is 35.5. The Labute approximate surface area is 181 Å². The molecule has 0 aliphatic heterocycles. The fraction of sp³-hybridized carbons (Fsp3) is 0.476. The van der Waals surface area contributed by atoms with Gasteiger partial charge in [-0.15, -0.1) is 0 Å². The van der Waals surface area contributed by atoms with Crippen molar-refractivity contribution < 1.29 is 18.3 Å². The lowest BCUT2D eigenvalue weighted by atomic mass is 9.58. The maximum Gasteiger partial charge on any atom is 0.327 e. The van der Waals surface area contributed by atoms with E-state index in [2.05, 4.69) is 10.8 Å². The summed E-state index contributed by atoms with van der Waals surface area (Å²) in [6.45, 7) is 0.364. The lowest BCUT2D eigenvalue weighted by molar-refractivity contribution is -0.131. The van der Waals surface area contributed by atoms with Crippen LogP contribution in [0.5, 0.6) is 0 Å². The molecule has 0 heterocycles. The molecule has 0 aromatic heterocycles. The number of sulfonamides is 1. The fourth-order valence-corrected chi connectivity index (χ4v) is 6.53. The van der Waals surface area contributed by atoms with E-state index >= 15 is 0 Å².